The number of alkyl halides is 3. The number of hydrogen-bond donors (Lipinski definition) is 1. The van der Waals surface area contributed by atoms with Crippen molar-refractivity contribution in [2.45, 2.75) is 32.9 Å². The zero-order valence-electron chi connectivity index (χ0n) is 17.8. The molecule has 1 aliphatic heterocycles. The van der Waals surface area contributed by atoms with Crippen molar-refractivity contribution in [2.75, 3.05) is 6.26 Å². The average Bonchev–Trinajstić information content (AvgIpc) is 3.07. The molecule has 32 heavy (non-hydrogen) atoms. The third-order valence-electron chi connectivity index (χ3n) is 6.14. The molecule has 0 amide bonds. The Morgan fingerprint density at radius 1 is 1.22 bits per heavy atom. The molecule has 4 atom stereocenters. The van der Waals surface area contributed by atoms with Gasteiger partial charge in [-0.1, -0.05) is 26.0 Å². The lowest BCUT2D eigenvalue weighted by Gasteiger charge is -2.19. The Morgan fingerprint density at radius 3 is 2.62 bits per heavy atom. The topological polar surface area (TPSA) is 58.1 Å². The molecule has 2 heterocycles. The van der Waals surface area contributed by atoms with E-state index in [1.165, 1.54) is 12.1 Å². The maximum absolute atomic E-state index is 15.0. The van der Waals surface area contributed by atoms with Crippen molar-refractivity contribution >= 4 is 33.6 Å². The van der Waals surface area contributed by atoms with Crippen molar-refractivity contribution in [3.63, 3.8) is 0 Å². The molecule has 2 aliphatic rings. The molecule has 1 N–H and O–H groups in total. The van der Waals surface area contributed by atoms with E-state index in [1.54, 1.807) is 24.6 Å². The zero-order valence-corrected chi connectivity index (χ0v) is 18.6. The van der Waals surface area contributed by atoms with Crippen LogP contribution in [0, 0.1) is 23.6 Å². The molecule has 4 unspecified atom stereocenters. The van der Waals surface area contributed by atoms with Gasteiger partial charge in [0.05, 0.1) is 33.0 Å². The molecular weight excluding hydrogens is 442 g/mol. The van der Waals surface area contributed by atoms with Crippen molar-refractivity contribution in [3.8, 4) is 11.4 Å². The highest BCUT2D eigenvalue weighted by Gasteiger charge is 2.38. The Bertz CT molecular complexity index is 1260. The maximum Gasteiger partial charge on any atom is 0.395 e. The summed E-state index contributed by atoms with van der Waals surface area (Å²) in [4.78, 5) is 11.5. The maximum atomic E-state index is 15.0. The van der Waals surface area contributed by atoms with Gasteiger partial charge in [0.25, 0.3) is 0 Å². The molecule has 4 nitrogen and oxygen atoms in total. The molecule has 2 aromatic rings. The predicted octanol–water partition coefficient (Wildman–Crippen LogP) is 4.15. The number of aromatic nitrogens is 2. The first-order chi connectivity index (χ1) is 15.0. The number of benzene rings is 1. The molecule has 0 saturated heterocycles. The van der Waals surface area contributed by atoms with Crippen molar-refractivity contribution in [1.82, 2.24) is 9.97 Å². The van der Waals surface area contributed by atoms with E-state index in [4.69, 9.17) is 0 Å². The molecule has 9 heteroatoms. The Labute approximate surface area is 185 Å². The second-order valence-electron chi connectivity index (χ2n) is 8.38. The van der Waals surface area contributed by atoms with Crippen LogP contribution < -0.4 is 10.7 Å². The van der Waals surface area contributed by atoms with E-state index in [0.29, 0.717) is 22.4 Å². The van der Waals surface area contributed by atoms with Gasteiger partial charge in [-0.05, 0) is 48.1 Å². The molecule has 1 aliphatic carbocycles. The Kier molecular flexibility index (Phi) is 5.96. The molecule has 0 spiro atoms. The van der Waals surface area contributed by atoms with E-state index in [2.05, 4.69) is 15.0 Å². The summed E-state index contributed by atoms with van der Waals surface area (Å²) in [5.41, 5.74) is 1.68. The second kappa shape index (κ2) is 8.42. The van der Waals surface area contributed by atoms with Gasteiger partial charge in [0.1, 0.15) is 16.7 Å². The number of nitrogens with one attached hydrogen (secondary N) is 1. The first-order valence-electron chi connectivity index (χ1n) is 10.3. The summed E-state index contributed by atoms with van der Waals surface area (Å²) >= 11 is 0. The number of halogens is 4. The number of aromatic amines is 1. The van der Waals surface area contributed by atoms with Gasteiger partial charge in [-0.15, -0.1) is 0 Å². The summed E-state index contributed by atoms with van der Waals surface area (Å²) in [7, 11) is -1.18. The summed E-state index contributed by atoms with van der Waals surface area (Å²) in [6, 6.07) is 4.70. The van der Waals surface area contributed by atoms with Crippen LogP contribution in [0.15, 0.2) is 29.4 Å². The first-order valence-corrected chi connectivity index (χ1v) is 11.9. The van der Waals surface area contributed by atoms with Crippen LogP contribution >= 0.6 is 0 Å². The summed E-state index contributed by atoms with van der Waals surface area (Å²) in [5, 5.41) is 1.27. The highest BCUT2D eigenvalue weighted by molar-refractivity contribution is 8.00. The standard InChI is InChI=1S/C23H23F4N3OS/c1-12-8-15(11-28-22(13(12)2)32(3)31)14-4-6-17(18(24)9-14)21-29-19-7-5-16(23(25,26)27)10-20(19)30-21/h4,6-7,9-13,16H,5,8H2,1-3H3,(H,29,30). The lowest BCUT2D eigenvalue weighted by molar-refractivity contribution is -0.155. The van der Waals surface area contributed by atoms with Crippen LogP contribution in [0.2, 0.25) is 0 Å². The third kappa shape index (κ3) is 4.35. The largest absolute Gasteiger partial charge is 0.395 e. The molecule has 1 aromatic heterocycles. The summed E-state index contributed by atoms with van der Waals surface area (Å²) < 4.78 is 66.1. The third-order valence-corrected chi connectivity index (χ3v) is 7.20. The number of hydrogen-bond acceptors (Lipinski definition) is 3. The molecule has 4 rings (SSSR count). The lowest BCUT2D eigenvalue weighted by atomic mass is 9.88. The number of allylic oxidation sites excluding steroid dienone is 1. The first kappa shape index (κ1) is 22.6. The molecule has 0 saturated carbocycles. The van der Waals surface area contributed by atoms with Gasteiger partial charge in [-0.2, -0.15) is 13.2 Å². The van der Waals surface area contributed by atoms with Crippen LogP contribution in [-0.4, -0.2) is 31.7 Å². The number of nitrogens with zero attached hydrogens (tertiary/aromatic N) is 2. The van der Waals surface area contributed by atoms with E-state index in [1.807, 2.05) is 13.8 Å². The van der Waals surface area contributed by atoms with E-state index in [9.17, 15) is 17.4 Å². The predicted molar refractivity (Wildman–Crippen MR) is 119 cm³/mol. The highest BCUT2D eigenvalue weighted by Crippen LogP contribution is 2.33. The molecule has 0 fully saturated rings. The quantitative estimate of drug-likeness (QED) is 0.678. The number of rotatable bonds is 2. The molecule has 0 bridgehead atoms. The van der Waals surface area contributed by atoms with Crippen LogP contribution in [0.1, 0.15) is 32.3 Å². The van der Waals surface area contributed by atoms with E-state index in [-0.39, 0.29) is 35.0 Å². The zero-order chi connectivity index (χ0) is 23.2. The van der Waals surface area contributed by atoms with Crippen molar-refractivity contribution < 1.29 is 21.8 Å². The van der Waals surface area contributed by atoms with Crippen LogP contribution in [0.4, 0.5) is 17.6 Å². The van der Waals surface area contributed by atoms with Crippen LogP contribution in [0.25, 0.3) is 29.1 Å². The lowest BCUT2D eigenvalue weighted by Crippen LogP contribution is -2.33. The van der Waals surface area contributed by atoms with Crippen LogP contribution in [0.3, 0.4) is 0 Å². The number of aliphatic imine (C=N–C) groups is 1. The van der Waals surface area contributed by atoms with Gasteiger partial charge in [-0.3, -0.25) is 9.20 Å². The summed E-state index contributed by atoms with van der Waals surface area (Å²) in [6.07, 6.45) is 1.92. The SMILES string of the molecule is CC1CC(c2ccc(-c3nc4c([nH]3)=CC(C(F)(F)F)CC=4)c(F)c2)=CN=C(S(C)=O)C1C. The van der Waals surface area contributed by atoms with E-state index >= 15 is 4.39 Å². The normalized spacial score (nSPS) is 24.4. The van der Waals surface area contributed by atoms with Crippen LogP contribution in [-0.2, 0) is 10.8 Å². The number of H-pyrrole nitrogens is 1. The van der Waals surface area contributed by atoms with Gasteiger partial charge in [0.15, 0.2) is 0 Å². The Hall–Kier alpha value is -2.55. The average molecular weight is 466 g/mol. The minimum atomic E-state index is -4.33. The highest BCUT2D eigenvalue weighted by atomic mass is 32.2. The Balaban J connectivity index is 1.68. The van der Waals surface area contributed by atoms with Crippen molar-refractivity contribution in [1.29, 1.82) is 0 Å². The summed E-state index contributed by atoms with van der Waals surface area (Å²) in [5.74, 6) is -1.70. The Morgan fingerprint density at radius 2 is 1.97 bits per heavy atom. The van der Waals surface area contributed by atoms with Crippen LogP contribution in [0.5, 0.6) is 0 Å². The number of fused-ring (bicyclic) bond motifs is 1. The molecule has 170 valence electrons. The minimum absolute atomic E-state index is 0.0427. The molecule has 1 aromatic carbocycles. The van der Waals surface area contributed by atoms with E-state index < -0.39 is 28.7 Å². The monoisotopic (exact) mass is 465 g/mol. The van der Waals surface area contributed by atoms with Crippen molar-refractivity contribution in [3.05, 3.63) is 46.5 Å². The van der Waals surface area contributed by atoms with Gasteiger partial charge in [0, 0.05) is 18.4 Å². The smallest absolute Gasteiger partial charge is 0.338 e. The molecule has 0 radical (unpaired) electrons. The second-order valence-corrected chi connectivity index (χ2v) is 9.71. The molecular formula is C23H23F4N3OS. The van der Waals surface area contributed by atoms with Gasteiger partial charge >= 0.3 is 6.18 Å². The van der Waals surface area contributed by atoms with Gasteiger partial charge in [0.2, 0.25) is 0 Å². The van der Waals surface area contributed by atoms with Gasteiger partial charge in [-0.25, -0.2) is 9.37 Å². The minimum Gasteiger partial charge on any atom is -0.338 e. The number of imidazole rings is 1. The van der Waals surface area contributed by atoms with E-state index in [0.717, 1.165) is 11.6 Å². The summed E-state index contributed by atoms with van der Waals surface area (Å²) in [6.45, 7) is 4.03. The fourth-order valence-corrected chi connectivity index (χ4v) is 5.02. The van der Waals surface area contributed by atoms with Crippen molar-refractivity contribution in [2.24, 2.45) is 22.7 Å². The van der Waals surface area contributed by atoms with Gasteiger partial charge < -0.3 is 4.98 Å². The fourth-order valence-electron chi connectivity index (χ4n) is 4.06. The fraction of sp³-hybridized carbons (Fsp3) is 0.391.